The fraction of sp³-hybridized carbons (Fsp3) is 0.0526. The number of nitrogens with zero attached hydrogens (tertiary/aromatic N) is 1. The number of amides is 1. The normalized spacial score (nSPS) is 10.2. The van der Waals surface area contributed by atoms with E-state index in [0.717, 1.165) is 21.6 Å². The number of methoxy groups -OCH3 is 1. The molecular weight excluding hydrogens is 382 g/mol. The minimum atomic E-state index is -0.213. The van der Waals surface area contributed by atoms with Crippen LogP contribution in [0.5, 0.6) is 5.75 Å². The van der Waals surface area contributed by atoms with Crippen LogP contribution in [0.2, 0.25) is 0 Å². The largest absolute Gasteiger partial charge is 0.495 e. The standard InChI is InChI=1S/C19H16BrN3O2/c1-25-17-8-3-2-7-16(17)23-18-10-9-13(12-21-18)19(24)22-15-6-4-5-14(20)11-15/h2-12H,1H3,(H,21,23)(H,22,24). The molecular formula is C19H16BrN3O2. The Labute approximate surface area is 154 Å². The molecule has 2 N–H and O–H groups in total. The number of pyridine rings is 1. The molecule has 3 aromatic rings. The number of rotatable bonds is 5. The number of nitrogens with one attached hydrogen (secondary N) is 2. The Bertz CT molecular complexity index is 882. The third kappa shape index (κ3) is 4.36. The smallest absolute Gasteiger partial charge is 0.257 e. The molecule has 6 heteroatoms. The van der Waals surface area contributed by atoms with E-state index >= 15 is 0 Å². The molecule has 0 spiro atoms. The molecule has 1 amide bonds. The van der Waals surface area contributed by atoms with Gasteiger partial charge in [-0.1, -0.05) is 34.1 Å². The molecule has 2 aromatic carbocycles. The number of ether oxygens (including phenoxy) is 1. The van der Waals surface area contributed by atoms with Crippen molar-refractivity contribution in [2.75, 3.05) is 17.7 Å². The lowest BCUT2D eigenvalue weighted by Gasteiger charge is -2.10. The summed E-state index contributed by atoms with van der Waals surface area (Å²) in [6.07, 6.45) is 1.53. The second-order valence-corrected chi connectivity index (χ2v) is 6.14. The molecule has 0 aliphatic heterocycles. The molecule has 25 heavy (non-hydrogen) atoms. The van der Waals surface area contributed by atoms with Crippen LogP contribution in [0.4, 0.5) is 17.2 Å². The Morgan fingerprint density at radius 1 is 1.08 bits per heavy atom. The highest BCUT2D eigenvalue weighted by atomic mass is 79.9. The minimum absolute atomic E-state index is 0.213. The van der Waals surface area contributed by atoms with Gasteiger partial charge in [0.05, 0.1) is 18.4 Å². The van der Waals surface area contributed by atoms with E-state index < -0.39 is 0 Å². The summed E-state index contributed by atoms with van der Waals surface area (Å²) in [5.74, 6) is 1.14. The number of anilines is 3. The Morgan fingerprint density at radius 3 is 2.64 bits per heavy atom. The summed E-state index contributed by atoms with van der Waals surface area (Å²) in [5.41, 5.74) is 2.00. The average Bonchev–Trinajstić information content (AvgIpc) is 2.63. The Kier molecular flexibility index (Phi) is 5.30. The van der Waals surface area contributed by atoms with Crippen LogP contribution in [0.25, 0.3) is 0 Å². The first-order chi connectivity index (χ1) is 12.2. The van der Waals surface area contributed by atoms with Crippen LogP contribution in [0.15, 0.2) is 71.3 Å². The first kappa shape index (κ1) is 17.0. The van der Waals surface area contributed by atoms with Crippen LogP contribution in [-0.2, 0) is 0 Å². The molecule has 0 aliphatic carbocycles. The number of para-hydroxylation sites is 2. The van der Waals surface area contributed by atoms with Crippen molar-refractivity contribution in [2.24, 2.45) is 0 Å². The molecule has 5 nitrogen and oxygen atoms in total. The second-order valence-electron chi connectivity index (χ2n) is 5.22. The molecule has 0 radical (unpaired) electrons. The van der Waals surface area contributed by atoms with Gasteiger partial charge in [-0.15, -0.1) is 0 Å². The van der Waals surface area contributed by atoms with Gasteiger partial charge in [0.25, 0.3) is 5.91 Å². The highest BCUT2D eigenvalue weighted by Crippen LogP contribution is 2.26. The average molecular weight is 398 g/mol. The topological polar surface area (TPSA) is 63.2 Å². The maximum absolute atomic E-state index is 12.3. The van der Waals surface area contributed by atoms with E-state index in [4.69, 9.17) is 4.74 Å². The summed E-state index contributed by atoms with van der Waals surface area (Å²) in [7, 11) is 1.61. The summed E-state index contributed by atoms with van der Waals surface area (Å²) in [6, 6.07) is 18.5. The van der Waals surface area contributed by atoms with Crippen LogP contribution in [0, 0.1) is 0 Å². The molecule has 0 bridgehead atoms. The van der Waals surface area contributed by atoms with Crippen LogP contribution in [0.1, 0.15) is 10.4 Å². The van der Waals surface area contributed by atoms with E-state index in [-0.39, 0.29) is 5.91 Å². The zero-order valence-corrected chi connectivity index (χ0v) is 15.1. The predicted molar refractivity (Wildman–Crippen MR) is 103 cm³/mol. The molecule has 0 saturated carbocycles. The first-order valence-corrected chi connectivity index (χ1v) is 8.38. The second kappa shape index (κ2) is 7.81. The van der Waals surface area contributed by atoms with Gasteiger partial charge in [-0.2, -0.15) is 0 Å². The van der Waals surface area contributed by atoms with E-state index in [1.165, 1.54) is 6.20 Å². The van der Waals surface area contributed by atoms with Gasteiger partial charge in [0, 0.05) is 16.4 Å². The molecule has 126 valence electrons. The third-order valence-corrected chi connectivity index (χ3v) is 3.97. The zero-order chi connectivity index (χ0) is 17.6. The summed E-state index contributed by atoms with van der Waals surface area (Å²) < 4.78 is 6.20. The molecule has 0 fully saturated rings. The number of carbonyl (C=O) groups excluding carboxylic acids is 1. The van der Waals surface area contributed by atoms with Crippen molar-refractivity contribution in [3.8, 4) is 5.75 Å². The van der Waals surface area contributed by atoms with E-state index in [2.05, 4.69) is 31.5 Å². The van der Waals surface area contributed by atoms with Crippen LogP contribution in [-0.4, -0.2) is 18.0 Å². The lowest BCUT2D eigenvalue weighted by Crippen LogP contribution is -2.12. The summed E-state index contributed by atoms with van der Waals surface area (Å²) in [6.45, 7) is 0. The Balaban J connectivity index is 1.70. The number of halogens is 1. The molecule has 1 heterocycles. The summed E-state index contributed by atoms with van der Waals surface area (Å²) in [5, 5.41) is 6.01. The molecule has 0 aliphatic rings. The Hall–Kier alpha value is -2.86. The van der Waals surface area contributed by atoms with Gasteiger partial charge in [-0.25, -0.2) is 4.98 Å². The molecule has 0 saturated heterocycles. The fourth-order valence-corrected chi connectivity index (χ4v) is 2.66. The van der Waals surface area contributed by atoms with E-state index in [1.807, 2.05) is 48.5 Å². The quantitative estimate of drug-likeness (QED) is 0.645. The van der Waals surface area contributed by atoms with Crippen molar-refractivity contribution in [1.82, 2.24) is 4.98 Å². The Morgan fingerprint density at radius 2 is 1.92 bits per heavy atom. The first-order valence-electron chi connectivity index (χ1n) is 7.59. The van der Waals surface area contributed by atoms with Gasteiger partial charge in [-0.05, 0) is 42.5 Å². The van der Waals surface area contributed by atoms with Crippen molar-refractivity contribution in [3.05, 3.63) is 76.9 Å². The van der Waals surface area contributed by atoms with E-state index in [0.29, 0.717) is 11.4 Å². The van der Waals surface area contributed by atoms with Crippen LogP contribution < -0.4 is 15.4 Å². The van der Waals surface area contributed by atoms with Gasteiger partial charge >= 0.3 is 0 Å². The number of hydrogen-bond donors (Lipinski definition) is 2. The molecule has 0 unspecified atom stereocenters. The van der Waals surface area contributed by atoms with Crippen LogP contribution >= 0.6 is 15.9 Å². The third-order valence-electron chi connectivity index (χ3n) is 3.48. The molecule has 3 rings (SSSR count). The number of hydrogen-bond acceptors (Lipinski definition) is 4. The van der Waals surface area contributed by atoms with Gasteiger partial charge in [0.1, 0.15) is 11.6 Å². The van der Waals surface area contributed by atoms with Crippen molar-refractivity contribution >= 4 is 39.0 Å². The van der Waals surface area contributed by atoms with Crippen molar-refractivity contribution in [2.45, 2.75) is 0 Å². The summed E-state index contributed by atoms with van der Waals surface area (Å²) in [4.78, 5) is 16.6. The van der Waals surface area contributed by atoms with Crippen LogP contribution in [0.3, 0.4) is 0 Å². The van der Waals surface area contributed by atoms with E-state index in [9.17, 15) is 4.79 Å². The van der Waals surface area contributed by atoms with Crippen molar-refractivity contribution in [1.29, 1.82) is 0 Å². The lowest BCUT2D eigenvalue weighted by atomic mass is 10.2. The summed E-state index contributed by atoms with van der Waals surface area (Å²) >= 11 is 3.38. The number of benzene rings is 2. The van der Waals surface area contributed by atoms with Gasteiger partial charge in [0.15, 0.2) is 0 Å². The predicted octanol–water partition coefficient (Wildman–Crippen LogP) is 4.85. The minimum Gasteiger partial charge on any atom is -0.495 e. The highest BCUT2D eigenvalue weighted by molar-refractivity contribution is 9.10. The highest BCUT2D eigenvalue weighted by Gasteiger charge is 2.08. The maximum Gasteiger partial charge on any atom is 0.257 e. The van der Waals surface area contributed by atoms with Gasteiger partial charge in [0.2, 0.25) is 0 Å². The molecule has 0 atom stereocenters. The number of aromatic nitrogens is 1. The fourth-order valence-electron chi connectivity index (χ4n) is 2.26. The van der Waals surface area contributed by atoms with Gasteiger partial charge in [-0.3, -0.25) is 4.79 Å². The van der Waals surface area contributed by atoms with E-state index in [1.54, 1.807) is 19.2 Å². The zero-order valence-electron chi connectivity index (χ0n) is 13.5. The monoisotopic (exact) mass is 397 g/mol. The van der Waals surface area contributed by atoms with Crippen molar-refractivity contribution < 1.29 is 9.53 Å². The van der Waals surface area contributed by atoms with Gasteiger partial charge < -0.3 is 15.4 Å². The molecule has 1 aromatic heterocycles. The maximum atomic E-state index is 12.3. The number of carbonyl (C=O) groups is 1. The van der Waals surface area contributed by atoms with Crippen molar-refractivity contribution in [3.63, 3.8) is 0 Å². The SMILES string of the molecule is COc1ccccc1Nc1ccc(C(=O)Nc2cccc(Br)c2)cn1. The lowest BCUT2D eigenvalue weighted by molar-refractivity contribution is 0.102.